The number of aliphatic hydroxyl groups excluding tert-OH is 2. The first-order valence-electron chi connectivity index (χ1n) is 20.6. The molecule has 0 fully saturated rings. The standard InChI is InChI=1S/C42H79NO5/c1-3-5-7-9-11-13-15-20-24-28-32-36-42(47)48-37-33-29-25-21-17-14-16-19-23-27-31-35-41(46)43-39(38-44)40(45)34-30-26-22-18-12-10-8-6-4-2/h9,11,17,21,39-40,44-45H,3-8,10,12-16,18-20,22-38H2,1-2H3,(H,43,46)/b11-9-,21-17-. The lowest BCUT2D eigenvalue weighted by Gasteiger charge is -2.22. The summed E-state index contributed by atoms with van der Waals surface area (Å²) in [6.07, 6.45) is 41.3. The van der Waals surface area contributed by atoms with Crippen molar-refractivity contribution in [2.45, 2.75) is 219 Å². The van der Waals surface area contributed by atoms with Gasteiger partial charge in [0, 0.05) is 12.8 Å². The van der Waals surface area contributed by atoms with E-state index in [0.717, 1.165) is 83.5 Å². The van der Waals surface area contributed by atoms with E-state index in [1.165, 1.54) is 89.9 Å². The van der Waals surface area contributed by atoms with Crippen LogP contribution in [-0.4, -0.2) is 47.4 Å². The van der Waals surface area contributed by atoms with Gasteiger partial charge in [-0.15, -0.1) is 0 Å². The molecule has 0 radical (unpaired) electrons. The van der Waals surface area contributed by atoms with Crippen LogP contribution in [0.3, 0.4) is 0 Å². The van der Waals surface area contributed by atoms with Crippen molar-refractivity contribution in [2.24, 2.45) is 0 Å². The SMILES string of the molecule is CCCC/C=C\CCCCCCCC(=O)OCCCC/C=C\CCCCCCCC(=O)NC(CO)C(O)CCCCCCCCCCC. The summed E-state index contributed by atoms with van der Waals surface area (Å²) in [5.41, 5.74) is 0. The van der Waals surface area contributed by atoms with Crippen molar-refractivity contribution in [3.63, 3.8) is 0 Å². The highest BCUT2D eigenvalue weighted by molar-refractivity contribution is 5.76. The fourth-order valence-corrected chi connectivity index (χ4v) is 5.96. The highest BCUT2D eigenvalue weighted by Gasteiger charge is 2.20. The second-order valence-electron chi connectivity index (χ2n) is 14.0. The van der Waals surface area contributed by atoms with Gasteiger partial charge < -0.3 is 20.3 Å². The number of allylic oxidation sites excluding steroid dienone is 4. The molecule has 0 aliphatic heterocycles. The zero-order valence-electron chi connectivity index (χ0n) is 31.7. The smallest absolute Gasteiger partial charge is 0.305 e. The summed E-state index contributed by atoms with van der Waals surface area (Å²) in [7, 11) is 0. The molecule has 0 saturated heterocycles. The van der Waals surface area contributed by atoms with Gasteiger partial charge in [0.05, 0.1) is 25.4 Å². The Bertz CT molecular complexity index is 752. The van der Waals surface area contributed by atoms with E-state index in [0.29, 0.717) is 25.9 Å². The Kier molecular flexibility index (Phi) is 36.8. The van der Waals surface area contributed by atoms with Crippen LogP contribution in [0.25, 0.3) is 0 Å². The molecule has 0 aliphatic rings. The van der Waals surface area contributed by atoms with E-state index in [9.17, 15) is 19.8 Å². The first-order valence-corrected chi connectivity index (χ1v) is 20.6. The summed E-state index contributed by atoms with van der Waals surface area (Å²) in [6, 6.07) is -0.559. The van der Waals surface area contributed by atoms with Crippen LogP contribution in [-0.2, 0) is 14.3 Å². The van der Waals surface area contributed by atoms with Gasteiger partial charge in [-0.25, -0.2) is 0 Å². The largest absolute Gasteiger partial charge is 0.466 e. The fraction of sp³-hybridized carbons (Fsp3) is 0.857. The van der Waals surface area contributed by atoms with E-state index in [-0.39, 0.29) is 18.5 Å². The number of esters is 1. The van der Waals surface area contributed by atoms with E-state index < -0.39 is 12.1 Å². The van der Waals surface area contributed by atoms with Crippen LogP contribution >= 0.6 is 0 Å². The molecule has 2 unspecified atom stereocenters. The number of ether oxygens (including phenoxy) is 1. The van der Waals surface area contributed by atoms with Crippen molar-refractivity contribution in [1.82, 2.24) is 5.32 Å². The number of hydrogen-bond acceptors (Lipinski definition) is 5. The molecule has 6 heteroatoms. The van der Waals surface area contributed by atoms with Crippen molar-refractivity contribution in [3.05, 3.63) is 24.3 Å². The molecule has 6 nitrogen and oxygen atoms in total. The van der Waals surface area contributed by atoms with Crippen LogP contribution in [0.15, 0.2) is 24.3 Å². The number of aliphatic hydroxyl groups is 2. The van der Waals surface area contributed by atoms with E-state index in [1.807, 2.05) is 0 Å². The Morgan fingerprint density at radius 1 is 0.562 bits per heavy atom. The summed E-state index contributed by atoms with van der Waals surface area (Å²) in [5.74, 6) is -0.113. The second-order valence-corrected chi connectivity index (χ2v) is 14.0. The van der Waals surface area contributed by atoms with Gasteiger partial charge in [0.25, 0.3) is 0 Å². The lowest BCUT2D eigenvalue weighted by Crippen LogP contribution is -2.45. The third-order valence-electron chi connectivity index (χ3n) is 9.22. The van der Waals surface area contributed by atoms with Gasteiger partial charge in [-0.3, -0.25) is 9.59 Å². The van der Waals surface area contributed by atoms with Crippen molar-refractivity contribution in [3.8, 4) is 0 Å². The number of carbonyl (C=O) groups is 2. The maximum Gasteiger partial charge on any atom is 0.305 e. The summed E-state index contributed by atoms with van der Waals surface area (Å²) < 4.78 is 5.39. The highest BCUT2D eigenvalue weighted by Crippen LogP contribution is 2.14. The molecule has 1 amide bonds. The van der Waals surface area contributed by atoms with Crippen molar-refractivity contribution in [2.75, 3.05) is 13.2 Å². The normalized spacial score (nSPS) is 13.0. The molecule has 0 aromatic carbocycles. The maximum atomic E-state index is 12.3. The van der Waals surface area contributed by atoms with Crippen LogP contribution < -0.4 is 5.32 Å². The number of nitrogens with one attached hydrogen (secondary N) is 1. The zero-order valence-corrected chi connectivity index (χ0v) is 31.7. The van der Waals surface area contributed by atoms with Gasteiger partial charge in [-0.05, 0) is 70.6 Å². The zero-order chi connectivity index (χ0) is 35.2. The minimum atomic E-state index is -0.679. The molecule has 0 bridgehead atoms. The predicted octanol–water partition coefficient (Wildman–Crippen LogP) is 11.2. The number of amides is 1. The lowest BCUT2D eigenvalue weighted by atomic mass is 10.0. The summed E-state index contributed by atoms with van der Waals surface area (Å²) >= 11 is 0. The average molecular weight is 678 g/mol. The van der Waals surface area contributed by atoms with Crippen molar-refractivity contribution in [1.29, 1.82) is 0 Å². The fourth-order valence-electron chi connectivity index (χ4n) is 5.96. The molecule has 0 heterocycles. The topological polar surface area (TPSA) is 95.9 Å². The molecule has 0 saturated carbocycles. The van der Waals surface area contributed by atoms with Gasteiger partial charge in [-0.1, -0.05) is 147 Å². The van der Waals surface area contributed by atoms with Crippen LogP contribution in [0.4, 0.5) is 0 Å². The quantitative estimate of drug-likeness (QED) is 0.0345. The molecule has 2 atom stereocenters. The van der Waals surface area contributed by atoms with Gasteiger partial charge in [-0.2, -0.15) is 0 Å². The molecule has 282 valence electrons. The Hall–Kier alpha value is -1.66. The molecule has 0 spiro atoms. The number of carbonyl (C=O) groups excluding carboxylic acids is 2. The Labute approximate surface area is 297 Å². The van der Waals surface area contributed by atoms with Crippen LogP contribution in [0.2, 0.25) is 0 Å². The summed E-state index contributed by atoms with van der Waals surface area (Å²) in [4.78, 5) is 24.2. The van der Waals surface area contributed by atoms with E-state index in [1.54, 1.807) is 0 Å². The van der Waals surface area contributed by atoms with Crippen LogP contribution in [0, 0.1) is 0 Å². The molecule has 0 aromatic rings. The van der Waals surface area contributed by atoms with Gasteiger partial charge in [0.15, 0.2) is 0 Å². The molecule has 3 N–H and O–H groups in total. The molecule has 0 rings (SSSR count). The van der Waals surface area contributed by atoms with Crippen molar-refractivity contribution >= 4 is 11.9 Å². The molecule has 48 heavy (non-hydrogen) atoms. The minimum Gasteiger partial charge on any atom is -0.466 e. The highest BCUT2D eigenvalue weighted by atomic mass is 16.5. The second kappa shape index (κ2) is 38.1. The van der Waals surface area contributed by atoms with Gasteiger partial charge >= 0.3 is 5.97 Å². The number of unbranched alkanes of at least 4 members (excludes halogenated alkanes) is 22. The van der Waals surface area contributed by atoms with Gasteiger partial charge in [0.2, 0.25) is 5.91 Å². The summed E-state index contributed by atoms with van der Waals surface area (Å²) in [5, 5.41) is 23.0. The Morgan fingerprint density at radius 3 is 1.54 bits per heavy atom. The molecular formula is C42H79NO5. The number of hydrogen-bond donors (Lipinski definition) is 3. The Balaban J connectivity index is 3.54. The maximum absolute atomic E-state index is 12.3. The van der Waals surface area contributed by atoms with E-state index in [2.05, 4.69) is 43.5 Å². The molecule has 0 aromatic heterocycles. The summed E-state index contributed by atoms with van der Waals surface area (Å²) in [6.45, 7) is 4.79. The van der Waals surface area contributed by atoms with E-state index >= 15 is 0 Å². The number of rotatable bonds is 37. The predicted molar refractivity (Wildman–Crippen MR) is 204 cm³/mol. The minimum absolute atomic E-state index is 0.0437. The van der Waals surface area contributed by atoms with Crippen molar-refractivity contribution < 1.29 is 24.5 Å². The average Bonchev–Trinajstić information content (AvgIpc) is 3.08. The van der Waals surface area contributed by atoms with Crippen LogP contribution in [0.1, 0.15) is 206 Å². The molecule has 0 aliphatic carbocycles. The van der Waals surface area contributed by atoms with E-state index in [4.69, 9.17) is 4.74 Å². The first-order chi connectivity index (χ1) is 23.5. The molecular weight excluding hydrogens is 598 g/mol. The van der Waals surface area contributed by atoms with Gasteiger partial charge in [0.1, 0.15) is 0 Å². The van der Waals surface area contributed by atoms with Crippen LogP contribution in [0.5, 0.6) is 0 Å². The third-order valence-corrected chi connectivity index (χ3v) is 9.22. The lowest BCUT2D eigenvalue weighted by molar-refractivity contribution is -0.143. The monoisotopic (exact) mass is 678 g/mol. The Morgan fingerprint density at radius 2 is 1.00 bits per heavy atom. The first kappa shape index (κ1) is 46.3. The third kappa shape index (κ3) is 34.2.